The van der Waals surface area contributed by atoms with Crippen LogP contribution in [0.5, 0.6) is 5.75 Å². The quantitative estimate of drug-likeness (QED) is 0.741. The minimum Gasteiger partial charge on any atom is -0.480 e. The molecule has 3 rings (SSSR count). The third kappa shape index (κ3) is 2.00. The molecule has 100 valence electrons. The van der Waals surface area contributed by atoms with Gasteiger partial charge in [-0.1, -0.05) is 23.7 Å². The molecule has 0 fully saturated rings. The highest BCUT2D eigenvalue weighted by atomic mass is 35.5. The van der Waals surface area contributed by atoms with Gasteiger partial charge in [0.2, 0.25) is 5.76 Å². The second-order valence-electron chi connectivity index (χ2n) is 4.21. The molecule has 1 aromatic carbocycles. The highest BCUT2D eigenvalue weighted by molar-refractivity contribution is 6.29. The van der Waals surface area contributed by atoms with Gasteiger partial charge in [0.05, 0.1) is 11.6 Å². The summed E-state index contributed by atoms with van der Waals surface area (Å²) in [5.41, 5.74) is 0.622. The van der Waals surface area contributed by atoms with E-state index < -0.39 is 0 Å². The van der Waals surface area contributed by atoms with Crippen LogP contribution in [0, 0.1) is 11.3 Å². The lowest BCUT2D eigenvalue weighted by molar-refractivity contribution is 0.290. The van der Waals surface area contributed by atoms with Crippen LogP contribution in [-0.2, 0) is 13.7 Å². The molecule has 0 atom stereocenters. The van der Waals surface area contributed by atoms with Crippen molar-refractivity contribution in [3.05, 3.63) is 47.2 Å². The van der Waals surface area contributed by atoms with Crippen molar-refractivity contribution in [1.82, 2.24) is 9.55 Å². The number of aromatic nitrogens is 2. The van der Waals surface area contributed by atoms with E-state index >= 15 is 0 Å². The van der Waals surface area contributed by atoms with Gasteiger partial charge in [-0.3, -0.25) is 0 Å². The molecule has 0 N–H and O–H groups in total. The van der Waals surface area contributed by atoms with E-state index in [4.69, 9.17) is 26.0 Å². The van der Waals surface area contributed by atoms with Gasteiger partial charge in [-0.2, -0.15) is 5.26 Å². The van der Waals surface area contributed by atoms with Gasteiger partial charge < -0.3 is 13.7 Å². The van der Waals surface area contributed by atoms with Crippen molar-refractivity contribution in [2.75, 3.05) is 0 Å². The van der Waals surface area contributed by atoms with E-state index in [1.165, 1.54) is 0 Å². The third-order valence-electron chi connectivity index (χ3n) is 3.02. The van der Waals surface area contributed by atoms with E-state index in [1.54, 1.807) is 23.9 Å². The summed E-state index contributed by atoms with van der Waals surface area (Å²) in [5.74, 6) is 1.26. The predicted octanol–water partition coefficient (Wildman–Crippen LogP) is 3.27. The molecule has 2 heterocycles. The molecule has 0 aliphatic carbocycles. The van der Waals surface area contributed by atoms with Crippen molar-refractivity contribution >= 4 is 22.6 Å². The fourth-order valence-corrected chi connectivity index (χ4v) is 2.08. The van der Waals surface area contributed by atoms with E-state index in [2.05, 4.69) is 4.98 Å². The number of para-hydroxylation sites is 1. The summed E-state index contributed by atoms with van der Waals surface area (Å²) in [6.07, 6.45) is 1.55. The van der Waals surface area contributed by atoms with Gasteiger partial charge in [0.25, 0.3) is 0 Å². The van der Waals surface area contributed by atoms with E-state index in [9.17, 15) is 0 Å². The van der Waals surface area contributed by atoms with E-state index in [1.807, 2.05) is 24.3 Å². The first-order valence-corrected chi connectivity index (χ1v) is 6.29. The zero-order valence-corrected chi connectivity index (χ0v) is 11.4. The lowest BCUT2D eigenvalue weighted by Crippen LogP contribution is -2.03. The zero-order chi connectivity index (χ0) is 14.1. The number of furan rings is 1. The van der Waals surface area contributed by atoms with Crippen molar-refractivity contribution < 1.29 is 9.15 Å². The van der Waals surface area contributed by atoms with Gasteiger partial charge in [-0.05, 0) is 12.1 Å². The van der Waals surface area contributed by atoms with Gasteiger partial charge in [-0.15, -0.1) is 0 Å². The zero-order valence-electron chi connectivity index (χ0n) is 10.6. The van der Waals surface area contributed by atoms with Crippen molar-refractivity contribution in [3.63, 3.8) is 0 Å². The van der Waals surface area contributed by atoms with Crippen molar-refractivity contribution in [2.24, 2.45) is 7.05 Å². The number of hydrogen-bond donors (Lipinski definition) is 0. The Balaban J connectivity index is 1.95. The first kappa shape index (κ1) is 12.6. The Morgan fingerprint density at radius 1 is 1.45 bits per heavy atom. The number of nitriles is 1. The molecule has 0 saturated carbocycles. The van der Waals surface area contributed by atoms with Crippen LogP contribution in [0.4, 0.5) is 0 Å². The lowest BCUT2D eigenvalue weighted by atomic mass is 10.2. The standard InChI is InChI=1S/C14H10ClN3O2/c1-18-12(15)7-17-13(18)8-19-14-9-4-2-3-5-10(9)20-11(14)6-16/h2-5,7H,8H2,1H3. The van der Waals surface area contributed by atoms with Crippen LogP contribution in [0.2, 0.25) is 5.15 Å². The molecular formula is C14H10ClN3O2. The van der Waals surface area contributed by atoms with Gasteiger partial charge in [0.15, 0.2) is 5.75 Å². The van der Waals surface area contributed by atoms with Gasteiger partial charge in [-0.25, -0.2) is 4.98 Å². The van der Waals surface area contributed by atoms with Gasteiger partial charge >= 0.3 is 0 Å². The summed E-state index contributed by atoms with van der Waals surface area (Å²) in [7, 11) is 1.80. The molecule has 6 heteroatoms. The van der Waals surface area contributed by atoms with Crippen LogP contribution < -0.4 is 4.74 Å². The maximum Gasteiger partial charge on any atom is 0.246 e. The van der Waals surface area contributed by atoms with Crippen molar-refractivity contribution in [1.29, 1.82) is 5.26 Å². The van der Waals surface area contributed by atoms with E-state index in [0.29, 0.717) is 22.3 Å². The minimum absolute atomic E-state index is 0.159. The molecule has 5 nitrogen and oxygen atoms in total. The summed E-state index contributed by atoms with van der Waals surface area (Å²) in [6.45, 7) is 0.210. The van der Waals surface area contributed by atoms with Crippen LogP contribution >= 0.6 is 11.6 Å². The Hall–Kier alpha value is -2.45. The lowest BCUT2D eigenvalue weighted by Gasteiger charge is -2.05. The number of fused-ring (bicyclic) bond motifs is 1. The molecule has 0 saturated heterocycles. The fourth-order valence-electron chi connectivity index (χ4n) is 1.93. The topological polar surface area (TPSA) is 64.0 Å². The molecule has 0 bridgehead atoms. The second-order valence-corrected chi connectivity index (χ2v) is 4.60. The highest BCUT2D eigenvalue weighted by Crippen LogP contribution is 2.33. The molecule has 0 unspecified atom stereocenters. The van der Waals surface area contributed by atoms with Crippen LogP contribution in [-0.4, -0.2) is 9.55 Å². The summed E-state index contributed by atoms with van der Waals surface area (Å²) in [6, 6.07) is 9.34. The summed E-state index contributed by atoms with van der Waals surface area (Å²) in [4.78, 5) is 4.14. The molecule has 0 aliphatic heterocycles. The Labute approximate surface area is 120 Å². The average Bonchev–Trinajstić information content (AvgIpc) is 2.98. The number of benzene rings is 1. The monoisotopic (exact) mass is 287 g/mol. The molecule has 0 spiro atoms. The molecule has 0 radical (unpaired) electrons. The molecular weight excluding hydrogens is 278 g/mol. The van der Waals surface area contributed by atoms with Crippen molar-refractivity contribution in [2.45, 2.75) is 6.61 Å². The SMILES string of the molecule is Cn1c(Cl)cnc1COc1c(C#N)oc2ccccc12. The Morgan fingerprint density at radius 2 is 2.25 bits per heavy atom. The Bertz CT molecular complexity index is 814. The van der Waals surface area contributed by atoms with Crippen LogP contribution in [0.1, 0.15) is 11.6 Å². The Kier molecular flexibility index (Phi) is 3.09. The van der Waals surface area contributed by atoms with Crippen LogP contribution in [0.25, 0.3) is 11.0 Å². The maximum absolute atomic E-state index is 9.11. The smallest absolute Gasteiger partial charge is 0.246 e. The largest absolute Gasteiger partial charge is 0.480 e. The first-order valence-electron chi connectivity index (χ1n) is 5.91. The maximum atomic E-state index is 9.11. The predicted molar refractivity (Wildman–Crippen MR) is 73.5 cm³/mol. The molecule has 3 aromatic rings. The van der Waals surface area contributed by atoms with Gasteiger partial charge in [0.1, 0.15) is 29.2 Å². The molecule has 0 aliphatic rings. The second kappa shape index (κ2) is 4.91. The number of rotatable bonds is 3. The van der Waals surface area contributed by atoms with E-state index in [-0.39, 0.29) is 12.4 Å². The van der Waals surface area contributed by atoms with Crippen LogP contribution in [0.15, 0.2) is 34.9 Å². The number of imidazole rings is 1. The summed E-state index contributed by atoms with van der Waals surface area (Å²) >= 11 is 5.92. The molecule has 20 heavy (non-hydrogen) atoms. The number of halogens is 1. The number of ether oxygens (including phenoxy) is 1. The number of nitrogens with zero attached hydrogens (tertiary/aromatic N) is 3. The van der Waals surface area contributed by atoms with Gasteiger partial charge in [0, 0.05) is 7.05 Å². The third-order valence-corrected chi connectivity index (χ3v) is 3.38. The summed E-state index contributed by atoms with van der Waals surface area (Å²) < 4.78 is 12.9. The normalized spacial score (nSPS) is 10.7. The first-order chi connectivity index (χ1) is 9.70. The highest BCUT2D eigenvalue weighted by Gasteiger charge is 2.16. The average molecular weight is 288 g/mol. The summed E-state index contributed by atoms with van der Waals surface area (Å²) in [5, 5.41) is 10.4. The van der Waals surface area contributed by atoms with E-state index in [0.717, 1.165) is 5.39 Å². The van der Waals surface area contributed by atoms with Crippen molar-refractivity contribution in [3.8, 4) is 11.8 Å². The minimum atomic E-state index is 0.159. The van der Waals surface area contributed by atoms with Crippen LogP contribution in [0.3, 0.4) is 0 Å². The fraction of sp³-hybridized carbons (Fsp3) is 0.143. The molecule has 0 amide bonds. The molecule has 2 aromatic heterocycles. The Morgan fingerprint density at radius 3 is 2.95 bits per heavy atom. The number of hydrogen-bond acceptors (Lipinski definition) is 4.